The normalized spacial score (nSPS) is 12.2. The van der Waals surface area contributed by atoms with Gasteiger partial charge in [-0.2, -0.15) is 0 Å². The number of carbonyl (C=O) groups is 1. The first-order valence-electron chi connectivity index (χ1n) is 5.87. The fourth-order valence-corrected chi connectivity index (χ4v) is 1.50. The lowest BCUT2D eigenvalue weighted by atomic mass is 10.1. The topological polar surface area (TPSA) is 78.3 Å². The number of carbonyl (C=O) groups excluding carboxylic acids is 1. The van der Waals surface area contributed by atoms with Crippen LogP contribution in [0.4, 0.5) is 0 Å². The van der Waals surface area contributed by atoms with Crippen molar-refractivity contribution >= 4 is 5.97 Å². The van der Waals surface area contributed by atoms with E-state index in [9.17, 15) is 4.79 Å². The third-order valence-electron chi connectivity index (χ3n) is 2.48. The molecular formula is C13H20N2O2. The molecule has 1 aromatic carbocycles. The summed E-state index contributed by atoms with van der Waals surface area (Å²) in [6.07, 6.45) is 2.34. The van der Waals surface area contributed by atoms with Gasteiger partial charge in [-0.1, -0.05) is 18.6 Å². The third kappa shape index (κ3) is 4.97. The van der Waals surface area contributed by atoms with Crippen LogP contribution in [0.5, 0.6) is 5.75 Å². The van der Waals surface area contributed by atoms with E-state index in [4.69, 9.17) is 16.2 Å². The summed E-state index contributed by atoms with van der Waals surface area (Å²) >= 11 is 0. The lowest BCUT2D eigenvalue weighted by Gasteiger charge is -2.11. The highest BCUT2D eigenvalue weighted by molar-refractivity contribution is 5.77. The Morgan fingerprint density at radius 2 is 2.18 bits per heavy atom. The summed E-state index contributed by atoms with van der Waals surface area (Å²) in [4.78, 5) is 11.6. The maximum absolute atomic E-state index is 11.6. The molecule has 0 bridgehead atoms. The van der Waals surface area contributed by atoms with E-state index in [1.54, 1.807) is 6.07 Å². The Hall–Kier alpha value is -1.39. The van der Waals surface area contributed by atoms with E-state index in [0.29, 0.717) is 18.7 Å². The first-order valence-corrected chi connectivity index (χ1v) is 5.87. The molecule has 1 aromatic rings. The SMILES string of the molecule is Cc1cccc(OC(=O)[C@@H](N)CCCCN)c1. The quantitative estimate of drug-likeness (QED) is 0.444. The minimum Gasteiger partial charge on any atom is -0.425 e. The van der Waals surface area contributed by atoms with Gasteiger partial charge in [-0.3, -0.25) is 0 Å². The minimum absolute atomic E-state index is 0.382. The van der Waals surface area contributed by atoms with Gasteiger partial charge in [0.05, 0.1) is 0 Å². The number of nitrogens with two attached hydrogens (primary N) is 2. The van der Waals surface area contributed by atoms with Gasteiger partial charge in [0.15, 0.2) is 0 Å². The first kappa shape index (κ1) is 13.7. The van der Waals surface area contributed by atoms with Crippen molar-refractivity contribution in [1.82, 2.24) is 0 Å². The average molecular weight is 236 g/mol. The number of rotatable bonds is 6. The average Bonchev–Trinajstić information content (AvgIpc) is 2.29. The Balaban J connectivity index is 2.43. The van der Waals surface area contributed by atoms with Crippen LogP contribution < -0.4 is 16.2 Å². The summed E-state index contributed by atoms with van der Waals surface area (Å²) in [6.45, 7) is 2.57. The molecule has 1 atom stereocenters. The van der Waals surface area contributed by atoms with E-state index in [2.05, 4.69) is 0 Å². The van der Waals surface area contributed by atoms with Gasteiger partial charge in [0.2, 0.25) is 0 Å². The second-order valence-electron chi connectivity index (χ2n) is 4.13. The maximum Gasteiger partial charge on any atom is 0.328 e. The van der Waals surface area contributed by atoms with Crippen LogP contribution in [0.15, 0.2) is 24.3 Å². The van der Waals surface area contributed by atoms with Crippen molar-refractivity contribution in [3.8, 4) is 5.75 Å². The van der Waals surface area contributed by atoms with Gasteiger partial charge in [0, 0.05) is 0 Å². The predicted molar refractivity (Wildman–Crippen MR) is 67.7 cm³/mol. The van der Waals surface area contributed by atoms with Crippen LogP contribution in [0.25, 0.3) is 0 Å². The van der Waals surface area contributed by atoms with Crippen molar-refractivity contribution < 1.29 is 9.53 Å². The van der Waals surface area contributed by atoms with Crippen LogP contribution in [0, 0.1) is 6.92 Å². The lowest BCUT2D eigenvalue weighted by Crippen LogP contribution is -2.34. The molecule has 1 rings (SSSR count). The van der Waals surface area contributed by atoms with Crippen molar-refractivity contribution in [2.24, 2.45) is 11.5 Å². The molecule has 0 radical (unpaired) electrons. The van der Waals surface area contributed by atoms with Crippen LogP contribution >= 0.6 is 0 Å². The van der Waals surface area contributed by atoms with E-state index in [1.165, 1.54) is 0 Å². The summed E-state index contributed by atoms with van der Waals surface area (Å²) in [5.41, 5.74) is 12.2. The predicted octanol–water partition coefficient (Wildman–Crippen LogP) is 1.36. The second-order valence-corrected chi connectivity index (χ2v) is 4.13. The van der Waals surface area contributed by atoms with Gasteiger partial charge in [0.25, 0.3) is 0 Å². The van der Waals surface area contributed by atoms with Gasteiger partial charge in [-0.25, -0.2) is 4.79 Å². The molecule has 17 heavy (non-hydrogen) atoms. The molecule has 0 aliphatic heterocycles. The number of aryl methyl sites for hydroxylation is 1. The Morgan fingerprint density at radius 3 is 2.82 bits per heavy atom. The molecule has 0 unspecified atom stereocenters. The smallest absolute Gasteiger partial charge is 0.328 e. The highest BCUT2D eigenvalue weighted by Gasteiger charge is 2.15. The monoisotopic (exact) mass is 236 g/mol. The Morgan fingerprint density at radius 1 is 1.41 bits per heavy atom. The third-order valence-corrected chi connectivity index (χ3v) is 2.48. The summed E-state index contributed by atoms with van der Waals surface area (Å²) < 4.78 is 5.19. The summed E-state index contributed by atoms with van der Waals surface area (Å²) in [5.74, 6) is 0.164. The van der Waals surface area contributed by atoms with Gasteiger partial charge >= 0.3 is 5.97 Å². The van der Waals surface area contributed by atoms with Crippen molar-refractivity contribution in [2.75, 3.05) is 6.54 Å². The molecule has 0 saturated heterocycles. The number of hydrogen-bond donors (Lipinski definition) is 2. The largest absolute Gasteiger partial charge is 0.425 e. The van der Waals surface area contributed by atoms with E-state index >= 15 is 0 Å². The number of esters is 1. The zero-order valence-electron chi connectivity index (χ0n) is 10.2. The van der Waals surface area contributed by atoms with E-state index in [0.717, 1.165) is 18.4 Å². The molecule has 4 nitrogen and oxygen atoms in total. The van der Waals surface area contributed by atoms with E-state index in [-0.39, 0.29) is 5.97 Å². The molecule has 0 aliphatic carbocycles. The van der Waals surface area contributed by atoms with Gasteiger partial charge in [-0.15, -0.1) is 0 Å². The summed E-state index contributed by atoms with van der Waals surface area (Å²) in [5, 5.41) is 0. The minimum atomic E-state index is -0.568. The molecule has 0 spiro atoms. The Labute approximate surface area is 102 Å². The van der Waals surface area contributed by atoms with E-state index < -0.39 is 6.04 Å². The number of ether oxygens (including phenoxy) is 1. The highest BCUT2D eigenvalue weighted by Crippen LogP contribution is 2.13. The standard InChI is InChI=1S/C13H20N2O2/c1-10-5-4-6-11(9-10)17-13(16)12(15)7-2-3-8-14/h4-6,9,12H,2-3,7-8,14-15H2,1H3/t12-/m0/s1. The van der Waals surface area contributed by atoms with Crippen LogP contribution in [-0.2, 0) is 4.79 Å². The van der Waals surface area contributed by atoms with Crippen LogP contribution in [-0.4, -0.2) is 18.6 Å². The maximum atomic E-state index is 11.6. The molecule has 0 heterocycles. The van der Waals surface area contributed by atoms with Crippen LogP contribution in [0.1, 0.15) is 24.8 Å². The van der Waals surface area contributed by atoms with Crippen LogP contribution in [0.3, 0.4) is 0 Å². The first-order chi connectivity index (χ1) is 8.13. The van der Waals surface area contributed by atoms with Crippen molar-refractivity contribution in [2.45, 2.75) is 32.2 Å². The zero-order chi connectivity index (χ0) is 12.7. The molecule has 0 fully saturated rings. The molecule has 4 N–H and O–H groups in total. The van der Waals surface area contributed by atoms with Crippen LogP contribution in [0.2, 0.25) is 0 Å². The van der Waals surface area contributed by atoms with Crippen molar-refractivity contribution in [1.29, 1.82) is 0 Å². The number of hydrogen-bond acceptors (Lipinski definition) is 4. The second kappa shape index (κ2) is 7.04. The fourth-order valence-electron chi connectivity index (χ4n) is 1.50. The molecule has 0 aliphatic rings. The van der Waals surface area contributed by atoms with Crippen molar-refractivity contribution in [3.05, 3.63) is 29.8 Å². The van der Waals surface area contributed by atoms with Gasteiger partial charge in [-0.05, 0) is 44.0 Å². The molecule has 0 aromatic heterocycles. The molecule has 94 valence electrons. The Kier molecular flexibility index (Phi) is 5.66. The molecule has 4 heteroatoms. The highest BCUT2D eigenvalue weighted by atomic mass is 16.5. The molecular weight excluding hydrogens is 216 g/mol. The zero-order valence-corrected chi connectivity index (χ0v) is 10.2. The Bertz CT molecular complexity index is 366. The summed E-state index contributed by atoms with van der Waals surface area (Å²) in [6, 6.07) is 6.78. The molecule has 0 amide bonds. The van der Waals surface area contributed by atoms with Crippen molar-refractivity contribution in [3.63, 3.8) is 0 Å². The van der Waals surface area contributed by atoms with Gasteiger partial charge in [0.1, 0.15) is 11.8 Å². The lowest BCUT2D eigenvalue weighted by molar-refractivity contribution is -0.136. The van der Waals surface area contributed by atoms with Gasteiger partial charge < -0.3 is 16.2 Å². The number of unbranched alkanes of at least 4 members (excludes halogenated alkanes) is 1. The fraction of sp³-hybridized carbons (Fsp3) is 0.462. The molecule has 0 saturated carbocycles. The summed E-state index contributed by atoms with van der Waals surface area (Å²) in [7, 11) is 0. The number of benzene rings is 1. The van der Waals surface area contributed by atoms with E-state index in [1.807, 2.05) is 25.1 Å².